The van der Waals surface area contributed by atoms with Crippen molar-refractivity contribution in [2.24, 2.45) is 5.92 Å². The van der Waals surface area contributed by atoms with E-state index >= 15 is 0 Å². The smallest absolute Gasteiger partial charge is 0.274 e. The quantitative estimate of drug-likeness (QED) is 0.673. The van der Waals surface area contributed by atoms with Crippen LogP contribution in [0.15, 0.2) is 36.5 Å². The van der Waals surface area contributed by atoms with Gasteiger partial charge in [-0.2, -0.15) is 0 Å². The summed E-state index contributed by atoms with van der Waals surface area (Å²) in [7, 11) is 1.58. The highest BCUT2D eigenvalue weighted by Gasteiger charge is 2.25. The summed E-state index contributed by atoms with van der Waals surface area (Å²) in [5.41, 5.74) is 1.86. The van der Waals surface area contributed by atoms with Crippen molar-refractivity contribution >= 4 is 33.1 Å². The first-order valence-electron chi connectivity index (χ1n) is 9.49. The van der Waals surface area contributed by atoms with E-state index in [1.54, 1.807) is 42.8 Å². The predicted molar refractivity (Wildman–Crippen MR) is 110 cm³/mol. The van der Waals surface area contributed by atoms with Gasteiger partial charge in [0.05, 0.1) is 28.0 Å². The molecule has 0 spiro atoms. The van der Waals surface area contributed by atoms with Gasteiger partial charge in [0, 0.05) is 24.8 Å². The molecule has 28 heavy (non-hydrogen) atoms. The van der Waals surface area contributed by atoms with Crippen LogP contribution in [0, 0.1) is 5.92 Å². The van der Waals surface area contributed by atoms with Crippen molar-refractivity contribution in [1.29, 1.82) is 0 Å². The molecular weight excluding hydrogens is 374 g/mol. The van der Waals surface area contributed by atoms with Crippen LogP contribution < -0.4 is 10.1 Å². The van der Waals surface area contributed by atoms with Gasteiger partial charge < -0.3 is 15.2 Å². The number of thiazole rings is 1. The van der Waals surface area contributed by atoms with E-state index in [1.165, 1.54) is 0 Å². The molecule has 1 aliphatic rings. The second-order valence-electron chi connectivity index (χ2n) is 7.14. The van der Waals surface area contributed by atoms with Gasteiger partial charge in [0.2, 0.25) is 0 Å². The minimum Gasteiger partial charge on any atom is -0.494 e. The second kappa shape index (κ2) is 8.24. The largest absolute Gasteiger partial charge is 0.494 e. The SMILES string of the molecule is COc1cc2nc([C@H]3CC[C@H](CO)CC3)sc2cc1NC(=O)c1ccccn1. The molecule has 0 bridgehead atoms. The summed E-state index contributed by atoms with van der Waals surface area (Å²) in [5, 5.41) is 13.4. The Hall–Kier alpha value is -2.51. The second-order valence-corrected chi connectivity index (χ2v) is 8.20. The number of amides is 1. The summed E-state index contributed by atoms with van der Waals surface area (Å²) in [6, 6.07) is 9.03. The molecule has 1 amide bonds. The highest BCUT2D eigenvalue weighted by molar-refractivity contribution is 7.18. The molecule has 0 atom stereocenters. The average Bonchev–Trinajstić information content (AvgIpc) is 3.16. The lowest BCUT2D eigenvalue weighted by Crippen LogP contribution is -2.15. The van der Waals surface area contributed by atoms with E-state index < -0.39 is 0 Å². The Balaban J connectivity index is 1.59. The van der Waals surface area contributed by atoms with Gasteiger partial charge >= 0.3 is 0 Å². The zero-order valence-electron chi connectivity index (χ0n) is 15.7. The molecule has 0 aliphatic heterocycles. The number of nitrogens with one attached hydrogen (secondary N) is 1. The number of carbonyl (C=O) groups is 1. The minimum absolute atomic E-state index is 0.273. The maximum atomic E-state index is 12.5. The maximum Gasteiger partial charge on any atom is 0.274 e. The van der Waals surface area contributed by atoms with E-state index in [1.807, 2.05) is 12.1 Å². The number of rotatable bonds is 5. The minimum atomic E-state index is -0.273. The van der Waals surface area contributed by atoms with Gasteiger partial charge in [-0.15, -0.1) is 11.3 Å². The molecular formula is C21H23N3O3S. The molecule has 7 heteroatoms. The summed E-state index contributed by atoms with van der Waals surface area (Å²) >= 11 is 1.67. The molecule has 6 nitrogen and oxygen atoms in total. The van der Waals surface area contributed by atoms with Gasteiger partial charge in [-0.25, -0.2) is 4.98 Å². The Morgan fingerprint density at radius 3 is 2.79 bits per heavy atom. The first-order valence-corrected chi connectivity index (χ1v) is 10.3. The summed E-state index contributed by atoms with van der Waals surface area (Å²) in [6.07, 6.45) is 5.81. The topological polar surface area (TPSA) is 84.3 Å². The van der Waals surface area contributed by atoms with Gasteiger partial charge in [-0.3, -0.25) is 9.78 Å². The lowest BCUT2D eigenvalue weighted by molar-refractivity contribution is 0.102. The number of aliphatic hydroxyl groups excluding tert-OH is 1. The molecule has 1 saturated carbocycles. The van der Waals surface area contributed by atoms with Crippen LogP contribution in [0.1, 0.15) is 47.1 Å². The van der Waals surface area contributed by atoms with E-state index in [0.717, 1.165) is 40.9 Å². The van der Waals surface area contributed by atoms with Crippen LogP contribution in [0.3, 0.4) is 0 Å². The number of hydrogen-bond donors (Lipinski definition) is 2. The van der Waals surface area contributed by atoms with E-state index in [-0.39, 0.29) is 12.5 Å². The number of benzene rings is 1. The van der Waals surface area contributed by atoms with Crippen LogP contribution >= 0.6 is 11.3 Å². The molecule has 3 aromatic rings. The molecule has 0 unspecified atom stereocenters. The van der Waals surface area contributed by atoms with E-state index in [9.17, 15) is 9.90 Å². The zero-order valence-corrected chi connectivity index (χ0v) is 16.5. The van der Waals surface area contributed by atoms with Crippen molar-refractivity contribution in [2.45, 2.75) is 31.6 Å². The highest BCUT2D eigenvalue weighted by Crippen LogP contribution is 2.41. The van der Waals surface area contributed by atoms with Gasteiger partial charge in [0.25, 0.3) is 5.91 Å². The summed E-state index contributed by atoms with van der Waals surface area (Å²) in [4.78, 5) is 21.4. The fraction of sp³-hybridized carbons (Fsp3) is 0.381. The van der Waals surface area contributed by atoms with Crippen LogP contribution in [-0.4, -0.2) is 34.7 Å². The van der Waals surface area contributed by atoms with E-state index in [0.29, 0.717) is 29.0 Å². The van der Waals surface area contributed by atoms with Gasteiger partial charge in [0.15, 0.2) is 0 Å². The van der Waals surface area contributed by atoms with E-state index in [2.05, 4.69) is 10.3 Å². The lowest BCUT2D eigenvalue weighted by Gasteiger charge is -2.25. The number of carbonyl (C=O) groups excluding carboxylic acids is 1. The van der Waals surface area contributed by atoms with Crippen molar-refractivity contribution in [3.8, 4) is 5.75 Å². The molecule has 4 rings (SSSR count). The van der Waals surface area contributed by atoms with Gasteiger partial charge in [-0.05, 0) is 49.8 Å². The third-order valence-corrected chi connectivity index (χ3v) is 6.51. The molecule has 1 fully saturated rings. The van der Waals surface area contributed by atoms with Crippen LogP contribution in [0.25, 0.3) is 10.2 Å². The number of nitrogens with zero attached hydrogens (tertiary/aromatic N) is 2. The predicted octanol–water partition coefficient (Wildman–Crippen LogP) is 4.22. The molecule has 1 aliphatic carbocycles. The lowest BCUT2D eigenvalue weighted by atomic mass is 9.83. The van der Waals surface area contributed by atoms with Crippen molar-refractivity contribution in [1.82, 2.24) is 9.97 Å². The van der Waals surface area contributed by atoms with Crippen LogP contribution in [0.2, 0.25) is 0 Å². The first kappa shape index (κ1) is 18.8. The van der Waals surface area contributed by atoms with Crippen LogP contribution in [0.5, 0.6) is 5.75 Å². The number of pyridine rings is 1. The molecule has 0 saturated heterocycles. The molecule has 2 heterocycles. The fourth-order valence-corrected chi connectivity index (χ4v) is 4.85. The summed E-state index contributed by atoms with van der Waals surface area (Å²) in [6.45, 7) is 0.281. The van der Waals surface area contributed by atoms with Crippen molar-refractivity contribution in [3.63, 3.8) is 0 Å². The highest BCUT2D eigenvalue weighted by atomic mass is 32.1. The number of anilines is 1. The molecule has 2 N–H and O–H groups in total. The number of hydrogen-bond acceptors (Lipinski definition) is 6. The Morgan fingerprint density at radius 1 is 1.29 bits per heavy atom. The number of methoxy groups -OCH3 is 1. The Bertz CT molecular complexity index is 966. The normalized spacial score (nSPS) is 19.5. The molecule has 2 aromatic heterocycles. The van der Waals surface area contributed by atoms with Gasteiger partial charge in [-0.1, -0.05) is 6.07 Å². The third-order valence-electron chi connectivity index (χ3n) is 5.33. The Morgan fingerprint density at radius 2 is 2.11 bits per heavy atom. The Kier molecular flexibility index (Phi) is 5.54. The average molecular weight is 398 g/mol. The maximum absolute atomic E-state index is 12.5. The number of aliphatic hydroxyl groups is 1. The van der Waals surface area contributed by atoms with Crippen molar-refractivity contribution in [3.05, 3.63) is 47.2 Å². The van der Waals surface area contributed by atoms with Crippen LogP contribution in [-0.2, 0) is 0 Å². The standard InChI is InChI=1S/C21H23N3O3S/c1-27-18-10-17-19(11-16(18)23-20(26)15-4-2-3-9-22-15)28-21(24-17)14-7-5-13(12-25)6-8-14/h2-4,9-11,13-14,25H,5-8,12H2,1H3,(H,23,26)/t13-,14-. The molecule has 1 aromatic carbocycles. The monoisotopic (exact) mass is 397 g/mol. The number of ether oxygens (including phenoxy) is 1. The van der Waals surface area contributed by atoms with Crippen LogP contribution in [0.4, 0.5) is 5.69 Å². The third kappa shape index (κ3) is 3.86. The summed E-state index contributed by atoms with van der Waals surface area (Å²) in [5.74, 6) is 1.18. The van der Waals surface area contributed by atoms with Crippen molar-refractivity contribution in [2.75, 3.05) is 19.0 Å². The summed E-state index contributed by atoms with van der Waals surface area (Å²) < 4.78 is 6.50. The first-order chi connectivity index (χ1) is 13.7. The molecule has 0 radical (unpaired) electrons. The van der Waals surface area contributed by atoms with Crippen molar-refractivity contribution < 1.29 is 14.6 Å². The Labute approximate surface area is 167 Å². The zero-order chi connectivity index (χ0) is 19.5. The fourth-order valence-electron chi connectivity index (χ4n) is 3.69. The number of fused-ring (bicyclic) bond motifs is 1. The van der Waals surface area contributed by atoms with Gasteiger partial charge in [0.1, 0.15) is 11.4 Å². The molecule has 146 valence electrons. The van der Waals surface area contributed by atoms with E-state index in [4.69, 9.17) is 9.72 Å². The number of aromatic nitrogens is 2.